The fourth-order valence-electron chi connectivity index (χ4n) is 3.60. The number of hydrogen-bond acceptors (Lipinski definition) is 4. The Hall–Kier alpha value is -2.04. The van der Waals surface area contributed by atoms with Gasteiger partial charge in [-0.3, -0.25) is 9.59 Å². The second-order valence-corrected chi connectivity index (χ2v) is 7.05. The van der Waals surface area contributed by atoms with Crippen molar-refractivity contribution in [2.75, 3.05) is 19.8 Å². The van der Waals surface area contributed by atoms with Crippen LogP contribution in [0.2, 0.25) is 0 Å². The molecule has 0 saturated heterocycles. The molecule has 5 nitrogen and oxygen atoms in total. The molecule has 0 bridgehead atoms. The van der Waals surface area contributed by atoms with Gasteiger partial charge in [-0.25, -0.2) is 0 Å². The summed E-state index contributed by atoms with van der Waals surface area (Å²) in [5.41, 5.74) is 0. The van der Waals surface area contributed by atoms with Crippen LogP contribution in [-0.2, 0) is 14.3 Å². The van der Waals surface area contributed by atoms with Crippen molar-refractivity contribution in [2.24, 2.45) is 0 Å². The molecule has 0 spiro atoms. The van der Waals surface area contributed by atoms with Crippen molar-refractivity contribution in [1.82, 2.24) is 4.90 Å². The van der Waals surface area contributed by atoms with Gasteiger partial charge in [-0.2, -0.15) is 0 Å². The molecule has 1 aromatic carbocycles. The normalized spacial score (nSPS) is 15.0. The van der Waals surface area contributed by atoms with Crippen LogP contribution < -0.4 is 4.74 Å². The summed E-state index contributed by atoms with van der Waals surface area (Å²) in [6.07, 6.45) is 8.27. The Morgan fingerprint density at radius 3 is 2.41 bits per heavy atom. The Morgan fingerprint density at radius 1 is 1.04 bits per heavy atom. The van der Waals surface area contributed by atoms with Gasteiger partial charge in [0.05, 0.1) is 19.6 Å². The van der Waals surface area contributed by atoms with Crippen LogP contribution in [0, 0.1) is 0 Å². The van der Waals surface area contributed by atoms with Gasteiger partial charge in [-0.15, -0.1) is 0 Å². The van der Waals surface area contributed by atoms with E-state index in [0.29, 0.717) is 32.6 Å². The van der Waals surface area contributed by atoms with Crippen molar-refractivity contribution in [3.05, 3.63) is 30.3 Å². The quantitative estimate of drug-likeness (QED) is 0.347. The van der Waals surface area contributed by atoms with Crippen LogP contribution in [0.1, 0.15) is 64.7 Å². The maximum Gasteiger partial charge on any atom is 0.307 e. The number of para-hydroxylation sites is 1. The summed E-state index contributed by atoms with van der Waals surface area (Å²) in [7, 11) is 0. The molecule has 1 aliphatic carbocycles. The minimum Gasteiger partial charge on any atom is -0.494 e. The highest BCUT2D eigenvalue weighted by Gasteiger charge is 2.25. The summed E-state index contributed by atoms with van der Waals surface area (Å²) < 4.78 is 10.7. The average Bonchev–Trinajstić information content (AvgIpc) is 2.96. The summed E-state index contributed by atoms with van der Waals surface area (Å²) in [6.45, 7) is 3.17. The van der Waals surface area contributed by atoms with E-state index in [1.54, 1.807) is 6.92 Å². The predicted molar refractivity (Wildman–Crippen MR) is 106 cm³/mol. The van der Waals surface area contributed by atoms with Crippen molar-refractivity contribution in [1.29, 1.82) is 0 Å². The van der Waals surface area contributed by atoms with Gasteiger partial charge in [0.1, 0.15) is 5.75 Å². The lowest BCUT2D eigenvalue weighted by Gasteiger charge is -2.31. The Balaban J connectivity index is 1.83. The number of esters is 1. The van der Waals surface area contributed by atoms with E-state index in [0.717, 1.165) is 31.4 Å². The Labute approximate surface area is 163 Å². The van der Waals surface area contributed by atoms with E-state index in [-0.39, 0.29) is 24.3 Å². The number of benzene rings is 1. The van der Waals surface area contributed by atoms with Gasteiger partial charge in [0, 0.05) is 19.0 Å². The number of ether oxygens (including phenoxy) is 2. The molecule has 1 saturated carbocycles. The molecule has 1 aliphatic rings. The van der Waals surface area contributed by atoms with E-state index in [2.05, 4.69) is 0 Å². The molecule has 0 aliphatic heterocycles. The molecule has 1 amide bonds. The van der Waals surface area contributed by atoms with Gasteiger partial charge in [0.15, 0.2) is 0 Å². The Morgan fingerprint density at radius 2 is 1.74 bits per heavy atom. The first-order valence-electron chi connectivity index (χ1n) is 10.3. The highest BCUT2D eigenvalue weighted by Crippen LogP contribution is 2.23. The summed E-state index contributed by atoms with van der Waals surface area (Å²) in [4.78, 5) is 26.5. The number of carbonyl (C=O) groups excluding carboxylic acids is 2. The SMILES string of the molecule is CCOC(=O)CCN(C(=O)CCCOc1ccccc1)C1CCCCCC1. The first kappa shape index (κ1) is 21.3. The predicted octanol–water partition coefficient (Wildman–Crippen LogP) is 4.35. The molecule has 1 fully saturated rings. The molecular formula is C22H33NO4. The van der Waals surface area contributed by atoms with E-state index in [1.807, 2.05) is 35.2 Å². The Kier molecular flexibility index (Phi) is 9.74. The van der Waals surface area contributed by atoms with Crippen LogP contribution in [0.25, 0.3) is 0 Å². The molecule has 0 N–H and O–H groups in total. The van der Waals surface area contributed by atoms with Gasteiger partial charge in [-0.1, -0.05) is 43.9 Å². The minimum atomic E-state index is -0.226. The summed E-state index contributed by atoms with van der Waals surface area (Å²) in [5.74, 6) is 0.729. The third-order valence-electron chi connectivity index (χ3n) is 4.99. The topological polar surface area (TPSA) is 55.8 Å². The molecule has 150 valence electrons. The second kappa shape index (κ2) is 12.4. The molecule has 0 heterocycles. The lowest BCUT2D eigenvalue weighted by molar-refractivity contribution is -0.144. The monoisotopic (exact) mass is 375 g/mol. The number of amides is 1. The highest BCUT2D eigenvalue weighted by atomic mass is 16.5. The molecule has 1 aromatic rings. The van der Waals surface area contributed by atoms with Crippen molar-refractivity contribution >= 4 is 11.9 Å². The van der Waals surface area contributed by atoms with Crippen LogP contribution in [0.4, 0.5) is 0 Å². The second-order valence-electron chi connectivity index (χ2n) is 7.05. The van der Waals surface area contributed by atoms with E-state index in [4.69, 9.17) is 9.47 Å². The standard InChI is InChI=1S/C22H33NO4/c1-2-26-22(25)16-17-23(19-11-6-3-4-7-12-19)21(24)15-10-18-27-20-13-8-5-9-14-20/h5,8-9,13-14,19H,2-4,6-7,10-12,15-18H2,1H3. The molecule has 0 unspecified atom stereocenters. The molecule has 2 rings (SSSR count). The third-order valence-corrected chi connectivity index (χ3v) is 4.99. The van der Waals surface area contributed by atoms with Gasteiger partial charge in [-0.05, 0) is 38.3 Å². The molecule has 5 heteroatoms. The van der Waals surface area contributed by atoms with Gasteiger partial charge >= 0.3 is 5.97 Å². The van der Waals surface area contributed by atoms with Gasteiger partial charge in [0.2, 0.25) is 5.91 Å². The summed E-state index contributed by atoms with van der Waals surface area (Å²) >= 11 is 0. The summed E-state index contributed by atoms with van der Waals surface area (Å²) in [5, 5.41) is 0. The highest BCUT2D eigenvalue weighted by molar-refractivity contribution is 5.77. The van der Waals surface area contributed by atoms with Crippen LogP contribution in [0.15, 0.2) is 30.3 Å². The van der Waals surface area contributed by atoms with Crippen molar-refractivity contribution in [3.8, 4) is 5.75 Å². The smallest absolute Gasteiger partial charge is 0.307 e. The average molecular weight is 376 g/mol. The third kappa shape index (κ3) is 8.02. The van der Waals surface area contributed by atoms with Crippen LogP contribution in [0.5, 0.6) is 5.75 Å². The number of nitrogens with zero attached hydrogens (tertiary/aromatic N) is 1. The zero-order valence-corrected chi connectivity index (χ0v) is 16.5. The molecule has 27 heavy (non-hydrogen) atoms. The maximum absolute atomic E-state index is 12.9. The molecule has 0 radical (unpaired) electrons. The first-order valence-corrected chi connectivity index (χ1v) is 10.3. The van der Waals surface area contributed by atoms with E-state index >= 15 is 0 Å². The summed E-state index contributed by atoms with van der Waals surface area (Å²) in [6, 6.07) is 9.90. The molecule has 0 aromatic heterocycles. The van der Waals surface area contributed by atoms with Crippen LogP contribution >= 0.6 is 0 Å². The lowest BCUT2D eigenvalue weighted by Crippen LogP contribution is -2.41. The van der Waals surface area contributed by atoms with Crippen LogP contribution in [-0.4, -0.2) is 42.6 Å². The number of carbonyl (C=O) groups is 2. The van der Waals surface area contributed by atoms with Crippen LogP contribution in [0.3, 0.4) is 0 Å². The largest absolute Gasteiger partial charge is 0.494 e. The zero-order chi connectivity index (χ0) is 19.3. The zero-order valence-electron chi connectivity index (χ0n) is 16.5. The minimum absolute atomic E-state index is 0.128. The molecule has 0 atom stereocenters. The van der Waals surface area contributed by atoms with E-state index in [9.17, 15) is 9.59 Å². The van der Waals surface area contributed by atoms with E-state index in [1.165, 1.54) is 12.8 Å². The Bertz CT molecular complexity index is 553. The lowest BCUT2D eigenvalue weighted by atomic mass is 10.1. The van der Waals surface area contributed by atoms with Crippen molar-refractivity contribution < 1.29 is 19.1 Å². The molecular weight excluding hydrogens is 342 g/mol. The maximum atomic E-state index is 12.9. The van der Waals surface area contributed by atoms with E-state index < -0.39 is 0 Å². The fraction of sp³-hybridized carbons (Fsp3) is 0.636. The van der Waals surface area contributed by atoms with Gasteiger partial charge in [0.25, 0.3) is 0 Å². The van der Waals surface area contributed by atoms with Gasteiger partial charge < -0.3 is 14.4 Å². The van der Waals surface area contributed by atoms with Crippen molar-refractivity contribution in [2.45, 2.75) is 70.8 Å². The number of rotatable bonds is 10. The first-order chi connectivity index (χ1) is 13.2. The fourth-order valence-corrected chi connectivity index (χ4v) is 3.60. The van der Waals surface area contributed by atoms with Crippen molar-refractivity contribution in [3.63, 3.8) is 0 Å². The number of hydrogen-bond donors (Lipinski definition) is 0.